The van der Waals surface area contributed by atoms with Crippen LogP contribution in [-0.2, 0) is 90.4 Å². The van der Waals surface area contributed by atoms with Crippen molar-refractivity contribution in [1.82, 2.24) is 39.1 Å². The molecule has 0 aliphatic carbocycles. The molecule has 0 amide bonds. The lowest BCUT2D eigenvalue weighted by Crippen LogP contribution is -2.12. The Bertz CT molecular complexity index is 5640. The first-order chi connectivity index (χ1) is 54.5. The lowest BCUT2D eigenvalue weighted by Gasteiger charge is -2.10. The van der Waals surface area contributed by atoms with Gasteiger partial charge in [0.1, 0.15) is 85.2 Å². The van der Waals surface area contributed by atoms with Gasteiger partial charge < -0.3 is 33.2 Å². The third-order valence-electron chi connectivity index (χ3n) is 18.2. The Morgan fingerprint density at radius 2 is 0.595 bits per heavy atom. The number of hydrogen-bond acceptors (Lipinski definition) is 15. The fraction of sp³-hybridized carbons (Fsp3) is 0.130. The maximum Gasteiger partial charge on any atom is 0.327 e. The van der Waals surface area contributed by atoms with E-state index in [9.17, 15) is 19.2 Å². The molecule has 0 unspecified atom stereocenters. The number of ether oxygens (including phenoxy) is 7. The molecule has 0 radical (unpaired) electrons. The Kier molecular flexibility index (Phi) is 24.9. The van der Waals surface area contributed by atoms with Gasteiger partial charge >= 0.3 is 23.9 Å². The number of fused-ring (bicyclic) bond motifs is 4. The number of carbonyl (C=O) groups excluding carboxylic acids is 4. The van der Waals surface area contributed by atoms with Crippen LogP contribution in [0.25, 0.3) is 88.6 Å². The summed E-state index contributed by atoms with van der Waals surface area (Å²) in [5.74, 6) is 1.70. The maximum absolute atomic E-state index is 11.8. The van der Waals surface area contributed by atoms with Crippen molar-refractivity contribution in [1.29, 1.82) is 0 Å². The number of esters is 4. The molecule has 16 aromatic rings. The van der Waals surface area contributed by atoms with Crippen LogP contribution in [0.1, 0.15) is 22.3 Å². The molecule has 0 bridgehead atoms. The SMILES string of the molecule is COC(=O)Cn1nc(-c2cccc(CCc3ccccc3)c2)c2ccccc21.COC(=O)Cn1nc(-c2cccc(OCc3ccccc3)c2)c2ccccc21.COC(=O)Cn1nc(-c2cccc(Oc3ccccc3)c2)c2ccccc21.COC(=O)Cn1nc(-c2ccccc2OCc2ccccc2)c2ccccc21. The van der Waals surface area contributed by atoms with Gasteiger partial charge in [0, 0.05) is 43.8 Å². The van der Waals surface area contributed by atoms with E-state index in [1.165, 1.54) is 39.6 Å². The van der Waals surface area contributed by atoms with E-state index in [1.807, 2.05) is 267 Å². The highest BCUT2D eigenvalue weighted by Gasteiger charge is 2.21. The molecule has 0 saturated carbocycles. The van der Waals surface area contributed by atoms with Crippen LogP contribution in [0.15, 0.2) is 315 Å². The van der Waals surface area contributed by atoms with Crippen molar-refractivity contribution >= 4 is 67.5 Å². The Morgan fingerprint density at radius 3 is 1.05 bits per heavy atom. The molecule has 19 heteroatoms. The van der Waals surface area contributed by atoms with Gasteiger partial charge in [-0.2, -0.15) is 20.4 Å². The summed E-state index contributed by atoms with van der Waals surface area (Å²) in [5.41, 5.74) is 15.5. The van der Waals surface area contributed by atoms with Crippen molar-refractivity contribution in [3.05, 3.63) is 338 Å². The zero-order chi connectivity index (χ0) is 76.7. The number of carbonyl (C=O) groups is 4. The monoisotopic (exact) mass is 1470 g/mol. The Labute approximate surface area is 642 Å². The molecule has 0 spiro atoms. The van der Waals surface area contributed by atoms with Gasteiger partial charge in [-0.3, -0.25) is 37.9 Å². The minimum Gasteiger partial charge on any atom is -0.489 e. The second-order valence-electron chi connectivity index (χ2n) is 25.6. The molecule has 0 aliphatic rings. The van der Waals surface area contributed by atoms with E-state index in [0.29, 0.717) is 13.2 Å². The van der Waals surface area contributed by atoms with Crippen LogP contribution in [0, 0.1) is 0 Å². The minimum absolute atomic E-state index is 0.0596. The third kappa shape index (κ3) is 19.1. The number of methoxy groups -OCH3 is 4. The van der Waals surface area contributed by atoms with E-state index < -0.39 is 0 Å². The second-order valence-corrected chi connectivity index (χ2v) is 25.6. The summed E-state index contributed by atoms with van der Waals surface area (Å²) < 4.78 is 43.9. The topological polar surface area (TPSA) is 204 Å². The van der Waals surface area contributed by atoms with Crippen molar-refractivity contribution in [3.63, 3.8) is 0 Å². The summed E-state index contributed by atoms with van der Waals surface area (Å²) in [6, 6.07) is 104. The van der Waals surface area contributed by atoms with Gasteiger partial charge in [-0.1, -0.05) is 237 Å². The summed E-state index contributed by atoms with van der Waals surface area (Å²) in [6.45, 7) is 1.27. The quantitative estimate of drug-likeness (QED) is 0.0431. The predicted molar refractivity (Wildman–Crippen MR) is 431 cm³/mol. The van der Waals surface area contributed by atoms with E-state index in [1.54, 1.807) is 18.7 Å². The van der Waals surface area contributed by atoms with Crippen molar-refractivity contribution in [2.45, 2.75) is 52.2 Å². The Hall–Kier alpha value is -14.2. The molecule has 4 aromatic heterocycles. The fourth-order valence-corrected chi connectivity index (χ4v) is 12.7. The van der Waals surface area contributed by atoms with Crippen LogP contribution in [0.3, 0.4) is 0 Å². The summed E-state index contributed by atoms with van der Waals surface area (Å²) in [5, 5.41) is 22.7. The van der Waals surface area contributed by atoms with Gasteiger partial charge in [0.15, 0.2) is 0 Å². The first-order valence-corrected chi connectivity index (χ1v) is 36.1. The van der Waals surface area contributed by atoms with Gasteiger partial charge in [-0.25, -0.2) is 0 Å². The third-order valence-corrected chi connectivity index (χ3v) is 18.2. The molecule has 554 valence electrons. The number of nitrogens with zero attached hydrogens (tertiary/aromatic N) is 8. The van der Waals surface area contributed by atoms with Crippen molar-refractivity contribution in [2.75, 3.05) is 28.4 Å². The molecule has 12 aromatic carbocycles. The molecule has 16 rings (SSSR count). The van der Waals surface area contributed by atoms with Gasteiger partial charge in [-0.05, 0) is 114 Å². The molecule has 0 saturated heterocycles. The summed E-state index contributed by atoms with van der Waals surface area (Å²) >= 11 is 0. The lowest BCUT2D eigenvalue weighted by atomic mass is 10.0. The molecule has 19 nitrogen and oxygen atoms in total. The molecule has 0 aliphatic heterocycles. The van der Waals surface area contributed by atoms with Crippen LogP contribution in [0.2, 0.25) is 0 Å². The highest BCUT2D eigenvalue weighted by molar-refractivity contribution is 5.98. The average molecular weight is 1470 g/mol. The highest BCUT2D eigenvalue weighted by atomic mass is 16.5. The minimum atomic E-state index is -0.339. The maximum atomic E-state index is 11.8. The van der Waals surface area contributed by atoms with E-state index in [-0.39, 0.29) is 50.1 Å². The first kappa shape index (κ1) is 75.0. The van der Waals surface area contributed by atoms with E-state index in [2.05, 4.69) is 58.7 Å². The molecular weight excluding hydrogens is 1390 g/mol. The molecule has 111 heavy (non-hydrogen) atoms. The van der Waals surface area contributed by atoms with Crippen LogP contribution in [0.4, 0.5) is 0 Å². The van der Waals surface area contributed by atoms with Gasteiger partial charge in [0.2, 0.25) is 0 Å². The van der Waals surface area contributed by atoms with E-state index in [0.717, 1.165) is 136 Å². The van der Waals surface area contributed by atoms with E-state index >= 15 is 0 Å². The smallest absolute Gasteiger partial charge is 0.327 e. The first-order valence-electron chi connectivity index (χ1n) is 36.1. The number of rotatable bonds is 23. The van der Waals surface area contributed by atoms with Gasteiger partial charge in [-0.15, -0.1) is 0 Å². The van der Waals surface area contributed by atoms with Crippen LogP contribution >= 0.6 is 0 Å². The average Bonchev–Trinajstić information content (AvgIpc) is 1.66. The van der Waals surface area contributed by atoms with Gasteiger partial charge in [0.25, 0.3) is 0 Å². The number of para-hydroxylation sites is 6. The molecule has 0 N–H and O–H groups in total. The normalized spacial score (nSPS) is 10.8. The Morgan fingerprint density at radius 1 is 0.279 bits per heavy atom. The van der Waals surface area contributed by atoms with Crippen molar-refractivity contribution < 1.29 is 52.3 Å². The largest absolute Gasteiger partial charge is 0.489 e. The van der Waals surface area contributed by atoms with Crippen LogP contribution < -0.4 is 14.2 Å². The standard InChI is InChI=1S/C24H22N2O2.2C23H20N2O3.C22H18N2O3/c1-28-23(27)17-26-22-13-6-5-12-21(22)24(25-26)20-11-7-10-19(16-20)15-14-18-8-3-2-4-9-18;1-27-22(26)15-25-20-13-7-5-11-18(20)23(24-25)19-12-6-8-14-21(19)28-16-17-9-3-2-4-10-17;1-27-22(26)15-25-21-13-6-5-12-20(21)23(24-25)18-10-7-11-19(14-18)28-16-17-8-3-2-4-9-17;1-26-21(25)15-24-20-13-6-5-12-19(20)22(23-24)16-8-7-11-18(14-16)27-17-9-3-2-4-10-17/h2-13,16H,14-15,17H2,1H3;2*2-14H,15-16H2,1H3;2-14H,15H2,1H3. The molecule has 0 atom stereocenters. The highest BCUT2D eigenvalue weighted by Crippen LogP contribution is 2.37. The molecule has 0 fully saturated rings. The summed E-state index contributed by atoms with van der Waals surface area (Å²) in [7, 11) is 5.52. The molecular formula is C92H80N8O11. The van der Waals surface area contributed by atoms with E-state index in [4.69, 9.17) is 43.4 Å². The van der Waals surface area contributed by atoms with Crippen molar-refractivity contribution in [3.8, 4) is 68.0 Å². The van der Waals surface area contributed by atoms with Crippen molar-refractivity contribution in [2.24, 2.45) is 0 Å². The number of hydrogen-bond donors (Lipinski definition) is 0. The van der Waals surface area contributed by atoms with Crippen LogP contribution in [0.5, 0.6) is 23.0 Å². The predicted octanol–water partition coefficient (Wildman–Crippen LogP) is 18.2. The summed E-state index contributed by atoms with van der Waals surface area (Å²) in [6.07, 6.45) is 1.97. The second kappa shape index (κ2) is 36.9. The van der Waals surface area contributed by atoms with Crippen LogP contribution in [-0.4, -0.2) is 91.4 Å². The fourth-order valence-electron chi connectivity index (χ4n) is 12.7. The lowest BCUT2D eigenvalue weighted by molar-refractivity contribution is -0.142. The molecule has 4 heterocycles. The van der Waals surface area contributed by atoms with Gasteiger partial charge in [0.05, 0.1) is 50.5 Å². The zero-order valence-corrected chi connectivity index (χ0v) is 61.7. The number of aromatic nitrogens is 8. The number of aryl methyl sites for hydroxylation is 2. The zero-order valence-electron chi connectivity index (χ0n) is 61.7. The summed E-state index contributed by atoms with van der Waals surface area (Å²) in [4.78, 5) is 47.0. The number of benzene rings is 12. The Balaban J connectivity index is 0.000000130.